The molecule has 1 saturated heterocycles. The first-order valence-corrected chi connectivity index (χ1v) is 10.2. The average Bonchev–Trinajstić information content (AvgIpc) is 2.79. The molecule has 160 valence electrons. The van der Waals surface area contributed by atoms with Crippen molar-refractivity contribution in [2.75, 3.05) is 51.8 Å². The molecular weight excluding hydrogens is 382 g/mol. The lowest BCUT2D eigenvalue weighted by atomic mass is 10.0. The quantitative estimate of drug-likeness (QED) is 0.536. The summed E-state index contributed by atoms with van der Waals surface area (Å²) in [6, 6.07) is 13.8. The molecule has 8 heteroatoms. The summed E-state index contributed by atoms with van der Waals surface area (Å²) in [4.78, 5) is 32.1. The van der Waals surface area contributed by atoms with Crippen molar-refractivity contribution in [3.63, 3.8) is 0 Å². The summed E-state index contributed by atoms with van der Waals surface area (Å²) in [5.41, 5.74) is 2.95. The molecule has 1 atom stereocenters. The van der Waals surface area contributed by atoms with Crippen LogP contribution in [0.5, 0.6) is 0 Å². The summed E-state index contributed by atoms with van der Waals surface area (Å²) in [6.45, 7) is 3.72. The van der Waals surface area contributed by atoms with Crippen LogP contribution in [-0.4, -0.2) is 63.7 Å². The smallest absolute Gasteiger partial charge is 0.309 e. The lowest BCUT2D eigenvalue weighted by Crippen LogP contribution is -3.15. The molecule has 0 unspecified atom stereocenters. The molecule has 0 spiro atoms. The average molecular weight is 413 g/mol. The predicted octanol–water partition coefficient (Wildman–Crippen LogP) is -0.464. The molecule has 1 fully saturated rings. The minimum Gasteiger partial charge on any atom is -0.378 e. The first-order valence-electron chi connectivity index (χ1n) is 10.2. The number of nitrogens with one attached hydrogen (secondary N) is 3. The Hall–Kier alpha value is -2.97. The van der Waals surface area contributed by atoms with E-state index in [1.807, 2.05) is 25.1 Å². The highest BCUT2D eigenvalue weighted by Gasteiger charge is 2.27. The standard InChI is InChI=1S/C22H29N5O3/c1-26(2)19-8-6-17(7-9-19)20(27-11-13-30-14-12-27)16-25-22(29)21(28)24-15-18-5-3-4-10-23-18/h3-10,20H,11-16H2,1-2H3,(H,24,28)(H,25,29)/p+1/t20-/m1/s1. The molecule has 1 aromatic heterocycles. The normalized spacial score (nSPS) is 15.3. The van der Waals surface area contributed by atoms with E-state index in [0.717, 1.165) is 24.3 Å². The lowest BCUT2D eigenvalue weighted by molar-refractivity contribution is -0.937. The Balaban J connectivity index is 1.61. The first-order chi connectivity index (χ1) is 14.5. The summed E-state index contributed by atoms with van der Waals surface area (Å²) in [6.07, 6.45) is 1.65. The maximum absolute atomic E-state index is 12.3. The number of aromatic nitrogens is 1. The summed E-state index contributed by atoms with van der Waals surface area (Å²) < 4.78 is 5.49. The minimum atomic E-state index is -0.653. The van der Waals surface area contributed by atoms with Crippen molar-refractivity contribution < 1.29 is 19.2 Å². The highest BCUT2D eigenvalue weighted by Crippen LogP contribution is 2.16. The van der Waals surface area contributed by atoms with Gasteiger partial charge in [-0.1, -0.05) is 18.2 Å². The molecule has 8 nitrogen and oxygen atoms in total. The number of morpholine rings is 1. The molecule has 0 saturated carbocycles. The fraction of sp³-hybridized carbons (Fsp3) is 0.409. The van der Waals surface area contributed by atoms with Crippen molar-refractivity contribution >= 4 is 17.5 Å². The fourth-order valence-corrected chi connectivity index (χ4v) is 3.51. The van der Waals surface area contributed by atoms with Gasteiger partial charge in [-0.05, 0) is 24.3 Å². The van der Waals surface area contributed by atoms with E-state index in [4.69, 9.17) is 4.74 Å². The molecule has 30 heavy (non-hydrogen) atoms. The van der Waals surface area contributed by atoms with Crippen LogP contribution < -0.4 is 20.4 Å². The van der Waals surface area contributed by atoms with Gasteiger partial charge in [0.25, 0.3) is 0 Å². The van der Waals surface area contributed by atoms with E-state index in [-0.39, 0.29) is 12.6 Å². The van der Waals surface area contributed by atoms with E-state index in [1.54, 1.807) is 18.3 Å². The Morgan fingerprint density at radius 1 is 1.07 bits per heavy atom. The van der Waals surface area contributed by atoms with Crippen molar-refractivity contribution in [2.24, 2.45) is 0 Å². The van der Waals surface area contributed by atoms with Crippen LogP contribution in [0.1, 0.15) is 17.3 Å². The van der Waals surface area contributed by atoms with E-state index in [1.165, 1.54) is 4.90 Å². The third kappa shape index (κ3) is 6.01. The van der Waals surface area contributed by atoms with Crippen molar-refractivity contribution in [1.82, 2.24) is 15.6 Å². The molecular formula is C22H30N5O3+. The predicted molar refractivity (Wildman–Crippen MR) is 114 cm³/mol. The number of ether oxygens (including phenoxy) is 1. The monoisotopic (exact) mass is 412 g/mol. The van der Waals surface area contributed by atoms with E-state index in [2.05, 4.69) is 39.9 Å². The molecule has 1 aliphatic heterocycles. The lowest BCUT2D eigenvalue weighted by Gasteiger charge is -2.32. The fourth-order valence-electron chi connectivity index (χ4n) is 3.51. The van der Waals surface area contributed by atoms with Gasteiger partial charge in [-0.2, -0.15) is 0 Å². The number of carbonyl (C=O) groups excluding carboxylic acids is 2. The number of rotatable bonds is 7. The Kier molecular flexibility index (Phi) is 7.75. The van der Waals surface area contributed by atoms with Crippen molar-refractivity contribution in [1.29, 1.82) is 0 Å². The zero-order chi connectivity index (χ0) is 21.3. The molecule has 0 radical (unpaired) electrons. The van der Waals surface area contributed by atoms with Crippen LogP contribution in [0.25, 0.3) is 0 Å². The van der Waals surface area contributed by atoms with Gasteiger partial charge in [-0.25, -0.2) is 0 Å². The highest BCUT2D eigenvalue weighted by molar-refractivity contribution is 6.35. The van der Waals surface area contributed by atoms with Gasteiger partial charge in [0.15, 0.2) is 0 Å². The second-order valence-corrected chi connectivity index (χ2v) is 7.52. The highest BCUT2D eigenvalue weighted by atomic mass is 16.5. The molecule has 2 amide bonds. The molecule has 2 heterocycles. The number of amides is 2. The third-order valence-corrected chi connectivity index (χ3v) is 5.27. The van der Waals surface area contributed by atoms with Gasteiger partial charge in [0.2, 0.25) is 0 Å². The van der Waals surface area contributed by atoms with Crippen LogP contribution in [0, 0.1) is 0 Å². The first kappa shape index (κ1) is 21.7. The topological polar surface area (TPSA) is 88.0 Å². The van der Waals surface area contributed by atoms with Gasteiger partial charge in [-0.15, -0.1) is 0 Å². The number of pyridine rings is 1. The van der Waals surface area contributed by atoms with E-state index < -0.39 is 11.8 Å². The number of carbonyl (C=O) groups is 2. The van der Waals surface area contributed by atoms with Gasteiger partial charge in [0, 0.05) is 31.5 Å². The van der Waals surface area contributed by atoms with E-state index in [0.29, 0.717) is 25.5 Å². The number of hydrogen-bond donors (Lipinski definition) is 3. The number of anilines is 1. The van der Waals surface area contributed by atoms with Crippen molar-refractivity contribution in [3.8, 4) is 0 Å². The Morgan fingerprint density at radius 2 is 1.77 bits per heavy atom. The molecule has 2 aromatic rings. The van der Waals surface area contributed by atoms with Crippen LogP contribution in [0.4, 0.5) is 5.69 Å². The maximum Gasteiger partial charge on any atom is 0.309 e. The Morgan fingerprint density at radius 3 is 2.40 bits per heavy atom. The van der Waals surface area contributed by atoms with Gasteiger partial charge >= 0.3 is 11.8 Å². The van der Waals surface area contributed by atoms with Gasteiger partial charge < -0.3 is 25.2 Å². The number of quaternary nitrogens is 1. The molecule has 3 rings (SSSR count). The SMILES string of the molecule is CN(C)c1ccc([C@@H](CNC(=O)C(=O)NCc2ccccn2)[NH+]2CCOCC2)cc1. The molecule has 1 aromatic carbocycles. The number of benzene rings is 1. The van der Waals surface area contributed by atoms with Crippen LogP contribution in [-0.2, 0) is 20.9 Å². The zero-order valence-corrected chi connectivity index (χ0v) is 17.6. The number of hydrogen-bond acceptors (Lipinski definition) is 5. The Bertz CT molecular complexity index is 820. The molecule has 0 aliphatic carbocycles. The minimum absolute atomic E-state index is 0.0534. The van der Waals surface area contributed by atoms with Crippen molar-refractivity contribution in [2.45, 2.75) is 12.6 Å². The van der Waals surface area contributed by atoms with Crippen LogP contribution in [0.15, 0.2) is 48.7 Å². The molecule has 3 N–H and O–H groups in total. The summed E-state index contributed by atoms with van der Waals surface area (Å²) in [5, 5.41) is 5.42. The van der Waals surface area contributed by atoms with Crippen LogP contribution >= 0.6 is 0 Å². The molecule has 0 bridgehead atoms. The van der Waals surface area contributed by atoms with Gasteiger partial charge in [-0.3, -0.25) is 14.6 Å². The maximum atomic E-state index is 12.3. The van der Waals surface area contributed by atoms with Gasteiger partial charge in [0.05, 0.1) is 32.0 Å². The Labute approximate surface area is 177 Å². The largest absolute Gasteiger partial charge is 0.378 e. The molecule has 1 aliphatic rings. The summed E-state index contributed by atoms with van der Waals surface area (Å²) in [7, 11) is 4.01. The van der Waals surface area contributed by atoms with Crippen LogP contribution in [0.2, 0.25) is 0 Å². The summed E-state index contributed by atoms with van der Waals surface area (Å²) in [5.74, 6) is -1.28. The van der Waals surface area contributed by atoms with Gasteiger partial charge in [0.1, 0.15) is 19.1 Å². The summed E-state index contributed by atoms with van der Waals surface area (Å²) >= 11 is 0. The van der Waals surface area contributed by atoms with Crippen molar-refractivity contribution in [3.05, 3.63) is 59.9 Å². The second-order valence-electron chi connectivity index (χ2n) is 7.52. The zero-order valence-electron chi connectivity index (χ0n) is 17.6. The van der Waals surface area contributed by atoms with Crippen LogP contribution in [0.3, 0.4) is 0 Å². The second kappa shape index (κ2) is 10.7. The van der Waals surface area contributed by atoms with E-state index in [9.17, 15) is 9.59 Å². The number of nitrogens with zero attached hydrogens (tertiary/aromatic N) is 2. The third-order valence-electron chi connectivity index (χ3n) is 5.27. The van der Waals surface area contributed by atoms with E-state index >= 15 is 0 Å².